The lowest BCUT2D eigenvalue weighted by atomic mass is 10.1. The lowest BCUT2D eigenvalue weighted by Crippen LogP contribution is -2.47. The first-order valence-electron chi connectivity index (χ1n) is 8.01. The van der Waals surface area contributed by atoms with Gasteiger partial charge in [-0.15, -0.1) is 11.3 Å². The number of β-amino-alcohol motifs (C(OH)–C–C–N with tert-alkyl or cyclic N) is 1. The number of aliphatic hydroxyl groups is 1. The molecule has 3 nitrogen and oxygen atoms in total. The molecule has 1 fully saturated rings. The van der Waals surface area contributed by atoms with Crippen LogP contribution in [0.15, 0.2) is 47.8 Å². The van der Waals surface area contributed by atoms with E-state index in [0.29, 0.717) is 0 Å². The number of aliphatic hydroxyl groups excluding tert-OH is 1. The molecule has 0 amide bonds. The second-order valence-electron chi connectivity index (χ2n) is 5.90. The lowest BCUT2D eigenvalue weighted by molar-refractivity contribution is 0.0730. The fourth-order valence-corrected chi connectivity index (χ4v) is 3.64. The van der Waals surface area contributed by atoms with E-state index in [1.807, 2.05) is 41.7 Å². The summed E-state index contributed by atoms with van der Waals surface area (Å²) >= 11 is 1.85. The molecule has 4 heteroatoms. The maximum absolute atomic E-state index is 10.3. The topological polar surface area (TPSA) is 26.7 Å². The summed E-state index contributed by atoms with van der Waals surface area (Å²) in [6.07, 6.45) is 0.781. The summed E-state index contributed by atoms with van der Waals surface area (Å²) in [6.45, 7) is 6.20. The molecule has 2 heterocycles. The van der Waals surface area contributed by atoms with Gasteiger partial charge in [0, 0.05) is 44.1 Å². The molecule has 1 aromatic heterocycles. The Morgan fingerprint density at radius 1 is 0.955 bits per heavy atom. The van der Waals surface area contributed by atoms with Crippen molar-refractivity contribution in [1.82, 2.24) is 9.80 Å². The smallest absolute Gasteiger partial charge is 0.0916 e. The highest BCUT2D eigenvalue weighted by atomic mass is 32.1. The van der Waals surface area contributed by atoms with Crippen LogP contribution in [-0.2, 0) is 6.42 Å². The molecule has 0 aliphatic carbocycles. The van der Waals surface area contributed by atoms with Gasteiger partial charge in [-0.1, -0.05) is 36.4 Å². The van der Waals surface area contributed by atoms with Crippen LogP contribution >= 0.6 is 11.3 Å². The van der Waals surface area contributed by atoms with E-state index in [-0.39, 0.29) is 6.10 Å². The van der Waals surface area contributed by atoms with Gasteiger partial charge in [0.2, 0.25) is 0 Å². The molecule has 118 valence electrons. The fraction of sp³-hybridized carbons (Fsp3) is 0.444. The first-order chi connectivity index (χ1) is 10.8. The highest BCUT2D eigenvalue weighted by Crippen LogP contribution is 2.15. The van der Waals surface area contributed by atoms with Crippen LogP contribution in [0.3, 0.4) is 0 Å². The Morgan fingerprint density at radius 2 is 1.68 bits per heavy atom. The Balaban J connectivity index is 1.40. The standard InChI is InChI=1S/C18H24N2OS/c21-18(16-5-2-1-3-6-16)15-20-12-10-19(11-13-20)9-8-17-7-4-14-22-17/h1-7,14,18,21H,8-13,15H2/t18-/m0/s1. The van der Waals surface area contributed by atoms with E-state index in [2.05, 4.69) is 27.3 Å². The maximum Gasteiger partial charge on any atom is 0.0916 e. The van der Waals surface area contributed by atoms with Gasteiger partial charge in [0.05, 0.1) is 6.10 Å². The molecule has 1 atom stereocenters. The van der Waals surface area contributed by atoms with Crippen LogP contribution in [0.4, 0.5) is 0 Å². The van der Waals surface area contributed by atoms with Gasteiger partial charge in [0.1, 0.15) is 0 Å². The van der Waals surface area contributed by atoms with Crippen LogP contribution in [0, 0.1) is 0 Å². The summed E-state index contributed by atoms with van der Waals surface area (Å²) in [5.41, 5.74) is 1.02. The number of hydrogen-bond donors (Lipinski definition) is 1. The lowest BCUT2D eigenvalue weighted by Gasteiger charge is -2.35. The molecule has 1 aliphatic rings. The van der Waals surface area contributed by atoms with Crippen molar-refractivity contribution in [3.8, 4) is 0 Å². The van der Waals surface area contributed by atoms with Gasteiger partial charge in [-0.3, -0.25) is 4.90 Å². The molecule has 1 N–H and O–H groups in total. The summed E-state index contributed by atoms with van der Waals surface area (Å²) in [4.78, 5) is 6.38. The third-order valence-electron chi connectivity index (χ3n) is 4.33. The van der Waals surface area contributed by atoms with Crippen LogP contribution in [0.5, 0.6) is 0 Å². The molecule has 22 heavy (non-hydrogen) atoms. The molecule has 1 saturated heterocycles. The van der Waals surface area contributed by atoms with Gasteiger partial charge >= 0.3 is 0 Å². The van der Waals surface area contributed by atoms with Crippen LogP contribution in [0.2, 0.25) is 0 Å². The van der Waals surface area contributed by atoms with Gasteiger partial charge in [0.25, 0.3) is 0 Å². The van der Waals surface area contributed by atoms with E-state index in [4.69, 9.17) is 0 Å². The largest absolute Gasteiger partial charge is 0.387 e. The SMILES string of the molecule is O[C@@H](CN1CCN(CCc2cccs2)CC1)c1ccccc1. The van der Waals surface area contributed by atoms with Crippen molar-refractivity contribution in [2.24, 2.45) is 0 Å². The first kappa shape index (κ1) is 15.7. The summed E-state index contributed by atoms with van der Waals surface area (Å²) in [7, 11) is 0. The van der Waals surface area contributed by atoms with Crippen molar-refractivity contribution in [3.63, 3.8) is 0 Å². The number of benzene rings is 1. The summed E-state index contributed by atoms with van der Waals surface area (Å²) in [5, 5.41) is 12.5. The zero-order valence-corrected chi connectivity index (χ0v) is 13.7. The Kier molecular flexibility index (Phi) is 5.62. The Hall–Kier alpha value is -1.20. The Labute approximate surface area is 136 Å². The minimum atomic E-state index is -0.376. The maximum atomic E-state index is 10.3. The zero-order valence-electron chi connectivity index (χ0n) is 12.9. The zero-order chi connectivity index (χ0) is 15.2. The van der Waals surface area contributed by atoms with Crippen molar-refractivity contribution in [2.75, 3.05) is 39.3 Å². The molecular weight excluding hydrogens is 292 g/mol. The first-order valence-corrected chi connectivity index (χ1v) is 8.89. The van der Waals surface area contributed by atoms with Crippen molar-refractivity contribution in [1.29, 1.82) is 0 Å². The predicted octanol–water partition coefficient (Wildman–Crippen LogP) is 2.64. The molecular formula is C18H24N2OS. The summed E-state index contributed by atoms with van der Waals surface area (Å²) in [5.74, 6) is 0. The van der Waals surface area contributed by atoms with Crippen LogP contribution in [0.25, 0.3) is 0 Å². The van der Waals surface area contributed by atoms with E-state index in [1.54, 1.807) is 0 Å². The van der Waals surface area contributed by atoms with E-state index in [0.717, 1.165) is 51.3 Å². The minimum absolute atomic E-state index is 0.376. The fourth-order valence-electron chi connectivity index (χ4n) is 2.94. The van der Waals surface area contributed by atoms with Crippen LogP contribution < -0.4 is 0 Å². The van der Waals surface area contributed by atoms with Gasteiger partial charge in [-0.25, -0.2) is 0 Å². The highest BCUT2D eigenvalue weighted by molar-refractivity contribution is 7.09. The van der Waals surface area contributed by atoms with Crippen LogP contribution in [-0.4, -0.2) is 54.2 Å². The van der Waals surface area contributed by atoms with E-state index >= 15 is 0 Å². The third kappa shape index (κ3) is 4.40. The summed E-state index contributed by atoms with van der Waals surface area (Å²) in [6, 6.07) is 14.3. The second-order valence-corrected chi connectivity index (χ2v) is 6.93. The number of hydrogen-bond acceptors (Lipinski definition) is 4. The molecule has 2 aromatic rings. The average molecular weight is 316 g/mol. The van der Waals surface area contributed by atoms with Gasteiger partial charge in [0.15, 0.2) is 0 Å². The number of piperazine rings is 1. The monoisotopic (exact) mass is 316 g/mol. The number of rotatable bonds is 6. The molecule has 1 aromatic carbocycles. The Bertz CT molecular complexity index is 535. The van der Waals surface area contributed by atoms with E-state index in [9.17, 15) is 5.11 Å². The van der Waals surface area contributed by atoms with Gasteiger partial charge in [-0.05, 0) is 23.4 Å². The Morgan fingerprint density at radius 3 is 2.36 bits per heavy atom. The number of nitrogens with zero attached hydrogens (tertiary/aromatic N) is 2. The molecule has 0 spiro atoms. The normalized spacial score (nSPS) is 18.4. The average Bonchev–Trinajstić information content (AvgIpc) is 3.08. The van der Waals surface area contributed by atoms with Gasteiger partial charge < -0.3 is 10.0 Å². The van der Waals surface area contributed by atoms with E-state index < -0.39 is 0 Å². The van der Waals surface area contributed by atoms with E-state index in [1.165, 1.54) is 4.88 Å². The molecule has 1 aliphatic heterocycles. The van der Waals surface area contributed by atoms with Crippen LogP contribution in [0.1, 0.15) is 16.5 Å². The molecule has 0 bridgehead atoms. The molecule has 0 saturated carbocycles. The second kappa shape index (κ2) is 7.88. The molecule has 3 rings (SSSR count). The predicted molar refractivity (Wildman–Crippen MR) is 92.3 cm³/mol. The molecule has 0 radical (unpaired) electrons. The van der Waals surface area contributed by atoms with Gasteiger partial charge in [-0.2, -0.15) is 0 Å². The minimum Gasteiger partial charge on any atom is -0.387 e. The van der Waals surface area contributed by atoms with Crippen molar-refractivity contribution in [2.45, 2.75) is 12.5 Å². The third-order valence-corrected chi connectivity index (χ3v) is 5.27. The van der Waals surface area contributed by atoms with Crippen molar-refractivity contribution < 1.29 is 5.11 Å². The van der Waals surface area contributed by atoms with Crippen molar-refractivity contribution in [3.05, 3.63) is 58.3 Å². The van der Waals surface area contributed by atoms with Crippen molar-refractivity contribution >= 4 is 11.3 Å². The highest BCUT2D eigenvalue weighted by Gasteiger charge is 2.19. The quantitative estimate of drug-likeness (QED) is 0.887. The summed E-state index contributed by atoms with van der Waals surface area (Å²) < 4.78 is 0. The number of thiophene rings is 1. The molecule has 0 unspecified atom stereocenters.